The maximum absolute atomic E-state index is 9.11. The average molecular weight is 249 g/mol. The van der Waals surface area contributed by atoms with Gasteiger partial charge >= 0.3 is 0 Å². The summed E-state index contributed by atoms with van der Waals surface area (Å²) in [4.78, 5) is 0. The van der Waals surface area contributed by atoms with Crippen molar-refractivity contribution >= 4 is 0 Å². The monoisotopic (exact) mass is 249 g/mol. The largest absolute Gasteiger partial charge is 0.396 e. The first-order chi connectivity index (χ1) is 8.45. The van der Waals surface area contributed by atoms with Crippen LogP contribution in [0.5, 0.6) is 0 Å². The molecule has 0 aromatic heterocycles. The van der Waals surface area contributed by atoms with Crippen molar-refractivity contribution in [2.75, 3.05) is 6.61 Å². The van der Waals surface area contributed by atoms with Crippen LogP contribution in [0.1, 0.15) is 49.9 Å². The Morgan fingerprint density at radius 2 is 1.78 bits per heavy atom. The Bertz CT molecular complexity index is 373. The molecule has 2 heteroatoms. The van der Waals surface area contributed by atoms with Crippen LogP contribution < -0.4 is 5.32 Å². The summed E-state index contributed by atoms with van der Waals surface area (Å²) in [7, 11) is 0. The number of hydrogen-bond donors (Lipinski definition) is 2. The summed E-state index contributed by atoms with van der Waals surface area (Å²) in [5.41, 5.74) is 3.99. The molecule has 102 valence electrons. The van der Waals surface area contributed by atoms with E-state index in [2.05, 4.69) is 58.1 Å². The molecule has 0 heterocycles. The Kier molecular flexibility index (Phi) is 5.83. The lowest BCUT2D eigenvalue weighted by atomic mass is 9.97. The van der Waals surface area contributed by atoms with Crippen LogP contribution >= 0.6 is 0 Å². The molecule has 0 aliphatic heterocycles. The average Bonchev–Trinajstić information content (AvgIpc) is 2.31. The molecule has 0 spiro atoms. The molecule has 18 heavy (non-hydrogen) atoms. The minimum Gasteiger partial charge on any atom is -0.396 e. The quantitative estimate of drug-likeness (QED) is 0.810. The van der Waals surface area contributed by atoms with Crippen LogP contribution in [0.3, 0.4) is 0 Å². The smallest absolute Gasteiger partial charge is 0.0445 e. The number of aliphatic hydroxyl groups is 1. The standard InChI is InChI=1S/C16H27NO/c1-11(2)16(8-9-18)17-14(5)15-7-6-12(3)13(4)10-15/h6-7,10-11,14,16-18H,8-9H2,1-5H3. The van der Waals surface area contributed by atoms with Gasteiger partial charge in [-0.3, -0.25) is 0 Å². The Hall–Kier alpha value is -0.860. The van der Waals surface area contributed by atoms with Gasteiger partial charge in [-0.25, -0.2) is 0 Å². The van der Waals surface area contributed by atoms with E-state index in [0.29, 0.717) is 18.0 Å². The van der Waals surface area contributed by atoms with Crippen LogP contribution in [0, 0.1) is 19.8 Å². The Morgan fingerprint density at radius 3 is 2.28 bits per heavy atom. The molecule has 2 unspecified atom stereocenters. The minimum atomic E-state index is 0.246. The van der Waals surface area contributed by atoms with Gasteiger partial charge in [0.2, 0.25) is 0 Å². The van der Waals surface area contributed by atoms with Crippen molar-refractivity contribution in [3.63, 3.8) is 0 Å². The Balaban J connectivity index is 2.73. The Morgan fingerprint density at radius 1 is 1.11 bits per heavy atom. The maximum atomic E-state index is 9.11. The van der Waals surface area contributed by atoms with Gasteiger partial charge in [-0.2, -0.15) is 0 Å². The third kappa shape index (κ3) is 4.11. The maximum Gasteiger partial charge on any atom is 0.0445 e. The van der Waals surface area contributed by atoms with Gasteiger partial charge in [-0.15, -0.1) is 0 Å². The zero-order valence-corrected chi connectivity index (χ0v) is 12.3. The van der Waals surface area contributed by atoms with Crippen LogP contribution in [-0.2, 0) is 0 Å². The summed E-state index contributed by atoms with van der Waals surface area (Å²) < 4.78 is 0. The van der Waals surface area contributed by atoms with Crippen LogP contribution in [0.2, 0.25) is 0 Å². The van der Waals surface area contributed by atoms with Gasteiger partial charge < -0.3 is 10.4 Å². The van der Waals surface area contributed by atoms with E-state index in [1.54, 1.807) is 0 Å². The van der Waals surface area contributed by atoms with Crippen molar-refractivity contribution in [3.8, 4) is 0 Å². The van der Waals surface area contributed by atoms with Gasteiger partial charge in [0.05, 0.1) is 0 Å². The lowest BCUT2D eigenvalue weighted by molar-refractivity contribution is 0.237. The topological polar surface area (TPSA) is 32.3 Å². The second-order valence-electron chi connectivity index (χ2n) is 5.59. The highest BCUT2D eigenvalue weighted by Gasteiger charge is 2.16. The second-order valence-corrected chi connectivity index (χ2v) is 5.59. The molecule has 0 radical (unpaired) electrons. The molecule has 2 atom stereocenters. The lowest BCUT2D eigenvalue weighted by Crippen LogP contribution is -2.36. The molecule has 2 nitrogen and oxygen atoms in total. The fraction of sp³-hybridized carbons (Fsp3) is 0.625. The molecule has 1 rings (SSSR count). The normalized spacial score (nSPS) is 14.8. The number of aliphatic hydroxyl groups excluding tert-OH is 1. The molecule has 0 saturated heterocycles. The second kappa shape index (κ2) is 6.91. The van der Waals surface area contributed by atoms with E-state index in [1.165, 1.54) is 16.7 Å². The number of benzene rings is 1. The first kappa shape index (κ1) is 15.2. The summed E-state index contributed by atoms with van der Waals surface area (Å²) in [5, 5.41) is 12.7. The molecule has 1 aromatic carbocycles. The van der Waals surface area contributed by atoms with E-state index in [4.69, 9.17) is 5.11 Å². The Labute approximate surface area is 111 Å². The molecule has 2 N–H and O–H groups in total. The van der Waals surface area contributed by atoms with E-state index >= 15 is 0 Å². The third-order valence-electron chi connectivity index (χ3n) is 3.74. The highest BCUT2D eigenvalue weighted by Crippen LogP contribution is 2.19. The molecule has 1 aromatic rings. The summed E-state index contributed by atoms with van der Waals surface area (Å²) >= 11 is 0. The van der Waals surface area contributed by atoms with Gasteiger partial charge in [0.25, 0.3) is 0 Å². The van der Waals surface area contributed by atoms with Crippen molar-refractivity contribution in [3.05, 3.63) is 34.9 Å². The van der Waals surface area contributed by atoms with E-state index in [9.17, 15) is 0 Å². The van der Waals surface area contributed by atoms with Crippen LogP contribution in [0.25, 0.3) is 0 Å². The summed E-state index contributed by atoms with van der Waals surface area (Å²) in [6, 6.07) is 7.31. The molecule has 0 aliphatic carbocycles. The third-order valence-corrected chi connectivity index (χ3v) is 3.74. The molecule has 0 fully saturated rings. The summed E-state index contributed by atoms with van der Waals surface area (Å²) in [6.45, 7) is 11.1. The minimum absolute atomic E-state index is 0.246. The van der Waals surface area contributed by atoms with E-state index < -0.39 is 0 Å². The number of rotatable bonds is 6. The van der Waals surface area contributed by atoms with E-state index in [1.807, 2.05) is 0 Å². The summed E-state index contributed by atoms with van der Waals surface area (Å²) in [5.74, 6) is 0.533. The van der Waals surface area contributed by atoms with Crippen molar-refractivity contribution in [1.29, 1.82) is 0 Å². The molecular weight excluding hydrogens is 222 g/mol. The number of aryl methyl sites for hydroxylation is 2. The van der Waals surface area contributed by atoms with Gasteiger partial charge in [0.15, 0.2) is 0 Å². The fourth-order valence-corrected chi connectivity index (χ4v) is 2.20. The van der Waals surface area contributed by atoms with Crippen molar-refractivity contribution in [2.24, 2.45) is 5.92 Å². The molecule has 0 aliphatic rings. The van der Waals surface area contributed by atoms with Gasteiger partial charge in [-0.1, -0.05) is 32.0 Å². The van der Waals surface area contributed by atoms with Crippen molar-refractivity contribution < 1.29 is 5.11 Å². The summed E-state index contributed by atoms with van der Waals surface area (Å²) in [6.07, 6.45) is 0.812. The first-order valence-corrected chi connectivity index (χ1v) is 6.89. The SMILES string of the molecule is Cc1ccc(C(C)NC(CCO)C(C)C)cc1C. The van der Waals surface area contributed by atoms with Crippen molar-refractivity contribution in [1.82, 2.24) is 5.32 Å². The van der Waals surface area contributed by atoms with Crippen LogP contribution in [0.15, 0.2) is 18.2 Å². The van der Waals surface area contributed by atoms with Crippen LogP contribution in [-0.4, -0.2) is 17.8 Å². The molecular formula is C16H27NO. The van der Waals surface area contributed by atoms with E-state index in [0.717, 1.165) is 6.42 Å². The number of hydrogen-bond acceptors (Lipinski definition) is 2. The lowest BCUT2D eigenvalue weighted by Gasteiger charge is -2.26. The predicted octanol–water partition coefficient (Wildman–Crippen LogP) is 3.36. The molecule has 0 bridgehead atoms. The van der Waals surface area contributed by atoms with Gasteiger partial charge in [0.1, 0.15) is 0 Å². The molecule has 0 saturated carbocycles. The predicted molar refractivity (Wildman–Crippen MR) is 77.8 cm³/mol. The highest BCUT2D eigenvalue weighted by atomic mass is 16.3. The van der Waals surface area contributed by atoms with Crippen molar-refractivity contribution in [2.45, 2.75) is 53.1 Å². The van der Waals surface area contributed by atoms with E-state index in [-0.39, 0.29) is 6.61 Å². The fourth-order valence-electron chi connectivity index (χ4n) is 2.20. The molecule has 0 amide bonds. The number of nitrogens with one attached hydrogen (secondary N) is 1. The van der Waals surface area contributed by atoms with Gasteiger partial charge in [0, 0.05) is 18.7 Å². The van der Waals surface area contributed by atoms with Gasteiger partial charge in [-0.05, 0) is 49.8 Å². The zero-order valence-electron chi connectivity index (χ0n) is 12.3. The van der Waals surface area contributed by atoms with Crippen LogP contribution in [0.4, 0.5) is 0 Å². The zero-order chi connectivity index (χ0) is 13.7. The highest BCUT2D eigenvalue weighted by molar-refractivity contribution is 5.31. The first-order valence-electron chi connectivity index (χ1n) is 6.89.